The van der Waals surface area contributed by atoms with Gasteiger partial charge in [-0.3, -0.25) is 9.69 Å². The van der Waals surface area contributed by atoms with Crippen LogP contribution in [-0.2, 0) is 4.79 Å². The van der Waals surface area contributed by atoms with Crippen LogP contribution in [0.5, 0.6) is 0 Å². The Labute approximate surface area is 111 Å². The van der Waals surface area contributed by atoms with Gasteiger partial charge in [0.05, 0.1) is 6.54 Å². The van der Waals surface area contributed by atoms with E-state index in [4.69, 9.17) is 0 Å². The van der Waals surface area contributed by atoms with Crippen LogP contribution in [0.25, 0.3) is 0 Å². The second-order valence-corrected chi connectivity index (χ2v) is 5.21. The molecule has 0 aromatic rings. The molecule has 0 aromatic carbocycles. The molecule has 2 unspecified atom stereocenters. The number of nitrogens with one attached hydrogen (secondary N) is 2. The number of piperazine rings is 1. The molecule has 0 bridgehead atoms. The molecule has 1 saturated heterocycles. The van der Waals surface area contributed by atoms with Gasteiger partial charge < -0.3 is 10.6 Å². The zero-order valence-electron chi connectivity index (χ0n) is 12.2. The van der Waals surface area contributed by atoms with Crippen LogP contribution in [0.1, 0.15) is 46.5 Å². The Hall–Kier alpha value is -0.610. The second kappa shape index (κ2) is 8.48. The SMILES string of the molecule is CCCCNC(=O)CN1CC(CC)NCC1CC. The maximum Gasteiger partial charge on any atom is 0.234 e. The molecule has 0 radical (unpaired) electrons. The van der Waals surface area contributed by atoms with Gasteiger partial charge in [-0.05, 0) is 19.3 Å². The summed E-state index contributed by atoms with van der Waals surface area (Å²) in [6, 6.07) is 1.04. The van der Waals surface area contributed by atoms with Gasteiger partial charge in [-0.15, -0.1) is 0 Å². The van der Waals surface area contributed by atoms with E-state index in [0.29, 0.717) is 18.6 Å². The highest BCUT2D eigenvalue weighted by Gasteiger charge is 2.26. The highest BCUT2D eigenvalue weighted by atomic mass is 16.2. The van der Waals surface area contributed by atoms with E-state index in [0.717, 1.165) is 45.3 Å². The van der Waals surface area contributed by atoms with Crippen LogP contribution in [0.3, 0.4) is 0 Å². The number of carbonyl (C=O) groups excluding carboxylic acids is 1. The van der Waals surface area contributed by atoms with Gasteiger partial charge in [0.15, 0.2) is 0 Å². The summed E-state index contributed by atoms with van der Waals surface area (Å²) in [5, 5.41) is 6.56. The summed E-state index contributed by atoms with van der Waals surface area (Å²) >= 11 is 0. The van der Waals surface area contributed by atoms with Crippen LogP contribution in [0, 0.1) is 0 Å². The van der Waals surface area contributed by atoms with Crippen LogP contribution in [0.2, 0.25) is 0 Å². The van der Waals surface area contributed by atoms with Gasteiger partial charge in [-0.25, -0.2) is 0 Å². The van der Waals surface area contributed by atoms with E-state index < -0.39 is 0 Å². The minimum atomic E-state index is 0.179. The third-order valence-corrected chi connectivity index (χ3v) is 3.78. The van der Waals surface area contributed by atoms with Gasteiger partial charge in [0.2, 0.25) is 5.91 Å². The first-order valence-corrected chi connectivity index (χ1v) is 7.45. The molecule has 1 heterocycles. The van der Waals surface area contributed by atoms with E-state index in [1.165, 1.54) is 0 Å². The predicted octanol–water partition coefficient (Wildman–Crippen LogP) is 1.37. The Balaban J connectivity index is 2.37. The summed E-state index contributed by atoms with van der Waals surface area (Å²) in [4.78, 5) is 14.2. The third-order valence-electron chi connectivity index (χ3n) is 3.78. The summed E-state index contributed by atoms with van der Waals surface area (Å²) in [7, 11) is 0. The fourth-order valence-electron chi connectivity index (χ4n) is 2.44. The average molecular weight is 255 g/mol. The number of nitrogens with zero attached hydrogens (tertiary/aromatic N) is 1. The van der Waals surface area contributed by atoms with Crippen molar-refractivity contribution in [3.05, 3.63) is 0 Å². The van der Waals surface area contributed by atoms with Crippen LogP contribution in [-0.4, -0.2) is 49.1 Å². The van der Waals surface area contributed by atoms with Crippen molar-refractivity contribution in [2.24, 2.45) is 0 Å². The molecule has 0 aliphatic carbocycles. The van der Waals surface area contributed by atoms with Crippen molar-refractivity contribution in [1.82, 2.24) is 15.5 Å². The smallest absolute Gasteiger partial charge is 0.234 e. The lowest BCUT2D eigenvalue weighted by atomic mass is 10.1. The van der Waals surface area contributed by atoms with Crippen molar-refractivity contribution in [2.75, 3.05) is 26.2 Å². The van der Waals surface area contributed by atoms with E-state index in [1.807, 2.05) is 0 Å². The molecule has 18 heavy (non-hydrogen) atoms. The summed E-state index contributed by atoms with van der Waals surface area (Å²) in [5.41, 5.74) is 0. The maximum absolute atomic E-state index is 11.9. The van der Waals surface area contributed by atoms with Crippen LogP contribution in [0.4, 0.5) is 0 Å². The minimum absolute atomic E-state index is 0.179. The maximum atomic E-state index is 11.9. The first-order valence-electron chi connectivity index (χ1n) is 7.45. The van der Waals surface area contributed by atoms with E-state index in [2.05, 4.69) is 36.3 Å². The second-order valence-electron chi connectivity index (χ2n) is 5.21. The lowest BCUT2D eigenvalue weighted by molar-refractivity contribution is -0.123. The highest BCUT2D eigenvalue weighted by Crippen LogP contribution is 2.11. The quantitative estimate of drug-likeness (QED) is 0.675. The molecule has 1 fully saturated rings. The van der Waals surface area contributed by atoms with Crippen molar-refractivity contribution in [3.63, 3.8) is 0 Å². The van der Waals surface area contributed by atoms with Gasteiger partial charge in [-0.1, -0.05) is 27.2 Å². The number of rotatable bonds is 7. The summed E-state index contributed by atoms with van der Waals surface area (Å²) in [5.74, 6) is 0.179. The van der Waals surface area contributed by atoms with Gasteiger partial charge in [-0.2, -0.15) is 0 Å². The summed E-state index contributed by atoms with van der Waals surface area (Å²) in [6.07, 6.45) is 4.43. The monoisotopic (exact) mass is 255 g/mol. The van der Waals surface area contributed by atoms with Gasteiger partial charge in [0, 0.05) is 31.7 Å². The van der Waals surface area contributed by atoms with E-state index in [1.54, 1.807) is 0 Å². The first-order chi connectivity index (χ1) is 8.71. The van der Waals surface area contributed by atoms with Crippen molar-refractivity contribution in [3.8, 4) is 0 Å². The average Bonchev–Trinajstić information content (AvgIpc) is 2.39. The number of carbonyl (C=O) groups is 1. The van der Waals surface area contributed by atoms with Gasteiger partial charge >= 0.3 is 0 Å². The number of unbranched alkanes of at least 4 members (excludes halogenated alkanes) is 1. The van der Waals surface area contributed by atoms with E-state index in [9.17, 15) is 4.79 Å². The zero-order chi connectivity index (χ0) is 13.4. The number of hydrogen-bond donors (Lipinski definition) is 2. The van der Waals surface area contributed by atoms with Crippen molar-refractivity contribution in [1.29, 1.82) is 0 Å². The molecule has 4 heteroatoms. The Morgan fingerprint density at radius 3 is 2.72 bits per heavy atom. The Kier molecular flexibility index (Phi) is 7.28. The molecule has 2 atom stereocenters. The zero-order valence-corrected chi connectivity index (χ0v) is 12.2. The van der Waals surface area contributed by atoms with E-state index in [-0.39, 0.29) is 5.91 Å². The van der Waals surface area contributed by atoms with Gasteiger partial charge in [0.1, 0.15) is 0 Å². The molecular formula is C14H29N3O. The Morgan fingerprint density at radius 1 is 1.33 bits per heavy atom. The predicted molar refractivity (Wildman–Crippen MR) is 75.7 cm³/mol. The molecule has 1 amide bonds. The van der Waals surface area contributed by atoms with Crippen molar-refractivity contribution < 1.29 is 4.79 Å². The standard InChI is InChI=1S/C14H29N3O/c1-4-7-8-15-14(18)11-17-10-12(5-2)16-9-13(17)6-3/h12-13,16H,4-11H2,1-3H3,(H,15,18). The molecule has 0 spiro atoms. The molecule has 1 aliphatic rings. The highest BCUT2D eigenvalue weighted by molar-refractivity contribution is 5.78. The summed E-state index contributed by atoms with van der Waals surface area (Å²) in [6.45, 7) is 9.91. The molecule has 1 aliphatic heterocycles. The fraction of sp³-hybridized carbons (Fsp3) is 0.929. The molecule has 106 valence electrons. The molecule has 1 rings (SSSR count). The van der Waals surface area contributed by atoms with Gasteiger partial charge in [0.25, 0.3) is 0 Å². The number of amides is 1. The third kappa shape index (κ3) is 4.94. The minimum Gasteiger partial charge on any atom is -0.355 e. The van der Waals surface area contributed by atoms with E-state index >= 15 is 0 Å². The largest absolute Gasteiger partial charge is 0.355 e. The topological polar surface area (TPSA) is 44.4 Å². The molecular weight excluding hydrogens is 226 g/mol. The number of hydrogen-bond acceptors (Lipinski definition) is 3. The fourth-order valence-corrected chi connectivity index (χ4v) is 2.44. The lowest BCUT2D eigenvalue weighted by Crippen LogP contribution is -2.58. The Bertz CT molecular complexity index is 245. The van der Waals surface area contributed by atoms with Crippen molar-refractivity contribution >= 4 is 5.91 Å². The van der Waals surface area contributed by atoms with Crippen LogP contribution in [0.15, 0.2) is 0 Å². The molecule has 4 nitrogen and oxygen atoms in total. The molecule has 0 saturated carbocycles. The van der Waals surface area contributed by atoms with Crippen LogP contribution < -0.4 is 10.6 Å². The molecule has 0 aromatic heterocycles. The summed E-state index contributed by atoms with van der Waals surface area (Å²) < 4.78 is 0. The normalized spacial score (nSPS) is 25.1. The van der Waals surface area contributed by atoms with Crippen molar-refractivity contribution in [2.45, 2.75) is 58.5 Å². The lowest BCUT2D eigenvalue weighted by Gasteiger charge is -2.39. The van der Waals surface area contributed by atoms with Crippen LogP contribution >= 0.6 is 0 Å². The first kappa shape index (κ1) is 15.4. The molecule has 2 N–H and O–H groups in total. The Morgan fingerprint density at radius 2 is 2.11 bits per heavy atom.